The van der Waals surface area contributed by atoms with Gasteiger partial charge >= 0.3 is 5.97 Å². The van der Waals surface area contributed by atoms with Crippen LogP contribution < -0.4 is 0 Å². The number of rotatable bonds is 3. The molecule has 1 heterocycles. The van der Waals surface area contributed by atoms with E-state index in [2.05, 4.69) is 0 Å². The van der Waals surface area contributed by atoms with E-state index in [4.69, 9.17) is 4.74 Å². The lowest BCUT2D eigenvalue weighted by Gasteiger charge is -2.39. The van der Waals surface area contributed by atoms with Crippen LogP contribution >= 0.6 is 0 Å². The minimum atomic E-state index is -1.04. The predicted molar refractivity (Wildman–Crippen MR) is 74.6 cm³/mol. The van der Waals surface area contributed by atoms with Gasteiger partial charge in [-0.1, -0.05) is 18.2 Å². The number of carbonyl (C=O) groups is 3. The summed E-state index contributed by atoms with van der Waals surface area (Å²) in [5, 5.41) is 0. The summed E-state index contributed by atoms with van der Waals surface area (Å²) >= 11 is 0. The molecular formula is C16H17NO4. The molecule has 1 fully saturated rings. The van der Waals surface area contributed by atoms with Crippen LogP contribution in [0.3, 0.4) is 0 Å². The van der Waals surface area contributed by atoms with E-state index < -0.39 is 11.4 Å². The largest absolute Gasteiger partial charge is 0.469 e. The Balaban J connectivity index is 2.12. The van der Waals surface area contributed by atoms with Gasteiger partial charge < -0.3 is 4.74 Å². The van der Waals surface area contributed by atoms with Crippen molar-refractivity contribution in [3.63, 3.8) is 0 Å². The number of methoxy groups -OCH3 is 1. The standard InChI is InChI=1S/C16H17NO4/c1-16(9-13(18)21-2)12-6-4-3-5-11(12)14(19)17(15(16)20)10-7-8-10/h3-6,10H,7-9H2,1-2H3. The molecule has 1 saturated carbocycles. The van der Waals surface area contributed by atoms with Gasteiger partial charge in [-0.3, -0.25) is 19.3 Å². The number of hydrogen-bond donors (Lipinski definition) is 0. The number of fused-ring (bicyclic) bond motifs is 1. The van der Waals surface area contributed by atoms with Gasteiger partial charge in [0.1, 0.15) is 0 Å². The highest BCUT2D eigenvalue weighted by molar-refractivity contribution is 6.14. The van der Waals surface area contributed by atoms with Crippen molar-refractivity contribution in [2.45, 2.75) is 37.6 Å². The molecule has 1 unspecified atom stereocenters. The summed E-state index contributed by atoms with van der Waals surface area (Å²) in [4.78, 5) is 38.5. The van der Waals surface area contributed by atoms with Crippen LogP contribution in [0, 0.1) is 0 Å². The summed E-state index contributed by atoms with van der Waals surface area (Å²) in [6.45, 7) is 1.72. The number of carbonyl (C=O) groups excluding carboxylic acids is 3. The fourth-order valence-electron chi connectivity index (χ4n) is 2.95. The van der Waals surface area contributed by atoms with Crippen LogP contribution in [0.1, 0.15) is 42.1 Å². The normalized spacial score (nSPS) is 24.8. The van der Waals surface area contributed by atoms with Crippen molar-refractivity contribution in [2.24, 2.45) is 0 Å². The Morgan fingerprint density at radius 3 is 2.62 bits per heavy atom. The lowest BCUT2D eigenvalue weighted by atomic mass is 9.73. The highest BCUT2D eigenvalue weighted by Crippen LogP contribution is 2.41. The minimum absolute atomic E-state index is 0.0182. The molecule has 5 nitrogen and oxygen atoms in total. The van der Waals surface area contributed by atoms with Gasteiger partial charge in [0, 0.05) is 11.6 Å². The van der Waals surface area contributed by atoms with Crippen molar-refractivity contribution in [1.82, 2.24) is 4.90 Å². The van der Waals surface area contributed by atoms with Crippen LogP contribution in [0.15, 0.2) is 24.3 Å². The van der Waals surface area contributed by atoms with Gasteiger partial charge in [0.25, 0.3) is 5.91 Å². The third-order valence-electron chi connectivity index (χ3n) is 4.30. The van der Waals surface area contributed by atoms with Crippen molar-refractivity contribution < 1.29 is 19.1 Å². The van der Waals surface area contributed by atoms with E-state index in [1.807, 2.05) is 0 Å². The molecule has 2 aliphatic rings. The van der Waals surface area contributed by atoms with Crippen LogP contribution in [-0.4, -0.2) is 35.8 Å². The van der Waals surface area contributed by atoms with E-state index in [9.17, 15) is 14.4 Å². The molecule has 0 radical (unpaired) electrons. The predicted octanol–water partition coefficient (Wildman–Crippen LogP) is 1.65. The second-order valence-electron chi connectivity index (χ2n) is 5.84. The molecule has 3 rings (SSSR count). The number of hydrogen-bond acceptors (Lipinski definition) is 4. The van der Waals surface area contributed by atoms with E-state index in [-0.39, 0.29) is 24.3 Å². The highest BCUT2D eigenvalue weighted by Gasteiger charge is 2.52. The summed E-state index contributed by atoms with van der Waals surface area (Å²) in [5.41, 5.74) is 0.0814. The third-order valence-corrected chi connectivity index (χ3v) is 4.30. The van der Waals surface area contributed by atoms with Crippen molar-refractivity contribution in [3.8, 4) is 0 Å². The zero-order valence-electron chi connectivity index (χ0n) is 12.1. The molecule has 0 N–H and O–H groups in total. The number of nitrogens with zero attached hydrogens (tertiary/aromatic N) is 1. The Hall–Kier alpha value is -2.17. The first-order valence-electron chi connectivity index (χ1n) is 7.03. The maximum Gasteiger partial charge on any atom is 0.306 e. The Kier molecular flexibility index (Phi) is 3.08. The lowest BCUT2D eigenvalue weighted by molar-refractivity contribution is -0.147. The van der Waals surface area contributed by atoms with Crippen LogP contribution in [0.5, 0.6) is 0 Å². The molecule has 1 aromatic rings. The highest BCUT2D eigenvalue weighted by atomic mass is 16.5. The van der Waals surface area contributed by atoms with E-state index in [0.717, 1.165) is 12.8 Å². The Morgan fingerprint density at radius 1 is 1.33 bits per heavy atom. The molecule has 110 valence electrons. The van der Waals surface area contributed by atoms with Crippen molar-refractivity contribution in [3.05, 3.63) is 35.4 Å². The zero-order chi connectivity index (χ0) is 15.2. The first-order chi connectivity index (χ1) is 9.99. The molecule has 0 aromatic heterocycles. The van der Waals surface area contributed by atoms with Gasteiger partial charge in [0.05, 0.1) is 18.9 Å². The lowest BCUT2D eigenvalue weighted by Crippen LogP contribution is -2.54. The van der Waals surface area contributed by atoms with E-state index in [1.54, 1.807) is 31.2 Å². The molecule has 1 atom stereocenters. The Morgan fingerprint density at radius 2 is 2.00 bits per heavy atom. The quantitative estimate of drug-likeness (QED) is 0.626. The van der Waals surface area contributed by atoms with Crippen LogP contribution in [0.2, 0.25) is 0 Å². The number of amides is 2. The third kappa shape index (κ3) is 2.04. The van der Waals surface area contributed by atoms with Crippen LogP contribution in [0.25, 0.3) is 0 Å². The fourth-order valence-corrected chi connectivity index (χ4v) is 2.95. The number of imide groups is 1. The SMILES string of the molecule is COC(=O)CC1(C)C(=O)N(C2CC2)C(=O)c2ccccc21. The van der Waals surface area contributed by atoms with Gasteiger partial charge in [-0.15, -0.1) is 0 Å². The van der Waals surface area contributed by atoms with E-state index >= 15 is 0 Å². The molecule has 2 amide bonds. The van der Waals surface area contributed by atoms with Gasteiger partial charge in [-0.25, -0.2) is 0 Å². The Labute approximate surface area is 122 Å². The number of esters is 1. The number of ether oxygens (including phenoxy) is 1. The zero-order valence-corrected chi connectivity index (χ0v) is 12.1. The van der Waals surface area contributed by atoms with Gasteiger partial charge in [0.2, 0.25) is 5.91 Å². The summed E-state index contributed by atoms with van der Waals surface area (Å²) in [7, 11) is 1.30. The summed E-state index contributed by atoms with van der Waals surface area (Å²) in [6, 6.07) is 7.00. The molecule has 1 aromatic carbocycles. The molecule has 0 saturated heterocycles. The van der Waals surface area contributed by atoms with E-state index in [0.29, 0.717) is 11.1 Å². The van der Waals surface area contributed by atoms with E-state index in [1.165, 1.54) is 12.0 Å². The maximum atomic E-state index is 12.9. The number of benzene rings is 1. The molecule has 1 aliphatic carbocycles. The van der Waals surface area contributed by atoms with Crippen molar-refractivity contribution in [2.75, 3.05) is 7.11 Å². The first kappa shape index (κ1) is 13.8. The molecule has 0 spiro atoms. The summed E-state index contributed by atoms with van der Waals surface area (Å²) in [5.74, 6) is -0.995. The Bertz CT molecular complexity index is 635. The minimum Gasteiger partial charge on any atom is -0.469 e. The van der Waals surface area contributed by atoms with Gasteiger partial charge in [-0.2, -0.15) is 0 Å². The monoisotopic (exact) mass is 287 g/mol. The second kappa shape index (κ2) is 4.69. The second-order valence-corrected chi connectivity index (χ2v) is 5.84. The average molecular weight is 287 g/mol. The van der Waals surface area contributed by atoms with Crippen LogP contribution in [0.4, 0.5) is 0 Å². The molecular weight excluding hydrogens is 270 g/mol. The smallest absolute Gasteiger partial charge is 0.306 e. The van der Waals surface area contributed by atoms with Gasteiger partial charge in [0.15, 0.2) is 0 Å². The molecule has 21 heavy (non-hydrogen) atoms. The summed E-state index contributed by atoms with van der Waals surface area (Å²) < 4.78 is 4.73. The molecule has 5 heteroatoms. The maximum absolute atomic E-state index is 12.9. The van der Waals surface area contributed by atoms with Gasteiger partial charge in [-0.05, 0) is 31.4 Å². The summed E-state index contributed by atoms with van der Waals surface area (Å²) in [6.07, 6.45) is 1.62. The topological polar surface area (TPSA) is 63.7 Å². The molecule has 1 aliphatic heterocycles. The van der Waals surface area contributed by atoms with Crippen LogP contribution in [-0.2, 0) is 19.7 Å². The fraction of sp³-hybridized carbons (Fsp3) is 0.438. The first-order valence-corrected chi connectivity index (χ1v) is 7.03. The molecule has 0 bridgehead atoms. The van der Waals surface area contributed by atoms with Crippen molar-refractivity contribution in [1.29, 1.82) is 0 Å². The van der Waals surface area contributed by atoms with Crippen molar-refractivity contribution >= 4 is 17.8 Å². The average Bonchev–Trinajstić information content (AvgIpc) is 3.30.